The van der Waals surface area contributed by atoms with Crippen LogP contribution < -0.4 is 5.23 Å². The molecule has 0 aliphatic rings. The van der Waals surface area contributed by atoms with Gasteiger partial charge in [0.25, 0.3) is 0 Å². The lowest BCUT2D eigenvalue weighted by Gasteiger charge is -1.90. The SMILES string of the molecule is C[B]NC(=O)/C=C/C(=O)O. The van der Waals surface area contributed by atoms with Gasteiger partial charge in [0, 0.05) is 12.2 Å². The molecule has 0 aromatic rings. The van der Waals surface area contributed by atoms with E-state index in [-0.39, 0.29) is 0 Å². The quantitative estimate of drug-likeness (QED) is 0.406. The first-order valence-electron chi connectivity index (χ1n) is 2.66. The average Bonchev–Trinajstić information content (AvgIpc) is 1.85. The van der Waals surface area contributed by atoms with Crippen LogP contribution in [0, 0.1) is 0 Å². The number of carbonyl (C=O) groups excluding carboxylic acids is 1. The van der Waals surface area contributed by atoms with Crippen LogP contribution in [0.25, 0.3) is 0 Å². The molecular weight excluding hydrogens is 133 g/mol. The Morgan fingerprint density at radius 1 is 1.50 bits per heavy atom. The molecule has 0 atom stereocenters. The second-order valence-corrected chi connectivity index (χ2v) is 1.47. The number of carboxylic acids is 1. The number of rotatable bonds is 3. The van der Waals surface area contributed by atoms with E-state index in [9.17, 15) is 9.59 Å². The Bertz CT molecular complexity index is 166. The normalized spacial score (nSPS) is 9.30. The standard InChI is InChI=1S/C5H7BNO3/c1-6-7-4(8)2-3-5(9)10/h2-3H,1H3,(H,7,8)(H,9,10)/b3-2+. The fraction of sp³-hybridized carbons (Fsp3) is 0.200. The number of hydrogen-bond acceptors (Lipinski definition) is 2. The summed E-state index contributed by atoms with van der Waals surface area (Å²) in [6, 6.07) is 0. The number of carbonyl (C=O) groups is 2. The monoisotopic (exact) mass is 140 g/mol. The number of carboxylic acid groups (broad SMARTS) is 1. The molecule has 4 nitrogen and oxygen atoms in total. The molecule has 5 heteroatoms. The van der Waals surface area contributed by atoms with Crippen LogP contribution in [0.5, 0.6) is 0 Å². The summed E-state index contributed by atoms with van der Waals surface area (Å²) in [7, 11) is 1.43. The molecule has 1 radical (unpaired) electrons. The van der Waals surface area contributed by atoms with Gasteiger partial charge in [0.2, 0.25) is 13.3 Å². The summed E-state index contributed by atoms with van der Waals surface area (Å²) in [6.07, 6.45) is 1.72. The zero-order valence-electron chi connectivity index (χ0n) is 5.50. The Balaban J connectivity index is 3.67. The highest BCUT2D eigenvalue weighted by Crippen LogP contribution is 1.72. The predicted octanol–water partition coefficient (Wildman–Crippen LogP) is -0.589. The minimum absolute atomic E-state index is 0.440. The first-order chi connectivity index (χ1) is 4.66. The van der Waals surface area contributed by atoms with Crippen molar-refractivity contribution in [3.63, 3.8) is 0 Å². The lowest BCUT2D eigenvalue weighted by atomic mass is 10.0. The van der Waals surface area contributed by atoms with Crippen molar-refractivity contribution in [1.29, 1.82) is 0 Å². The maximum atomic E-state index is 10.5. The van der Waals surface area contributed by atoms with E-state index in [2.05, 4.69) is 5.23 Å². The summed E-state index contributed by atoms with van der Waals surface area (Å²) in [5, 5.41) is 10.3. The smallest absolute Gasteiger partial charge is 0.328 e. The van der Waals surface area contributed by atoms with E-state index in [1.165, 1.54) is 7.41 Å². The first kappa shape index (κ1) is 8.74. The molecule has 10 heavy (non-hydrogen) atoms. The lowest BCUT2D eigenvalue weighted by Crippen LogP contribution is -2.22. The second-order valence-electron chi connectivity index (χ2n) is 1.47. The van der Waals surface area contributed by atoms with E-state index >= 15 is 0 Å². The molecular formula is C5H7BNO3. The Morgan fingerprint density at radius 3 is 2.50 bits per heavy atom. The Hall–Kier alpha value is -1.26. The zero-order valence-corrected chi connectivity index (χ0v) is 5.50. The summed E-state index contributed by atoms with van der Waals surface area (Å²) in [5.41, 5.74) is 0. The molecule has 0 spiro atoms. The number of amides is 1. The van der Waals surface area contributed by atoms with Gasteiger partial charge in [-0.3, -0.25) is 4.79 Å². The van der Waals surface area contributed by atoms with Crippen LogP contribution in [0.2, 0.25) is 6.82 Å². The van der Waals surface area contributed by atoms with Crippen LogP contribution in [0.1, 0.15) is 0 Å². The van der Waals surface area contributed by atoms with Crippen LogP contribution in [0.4, 0.5) is 0 Å². The van der Waals surface area contributed by atoms with Gasteiger partial charge in [0.15, 0.2) is 0 Å². The van der Waals surface area contributed by atoms with Gasteiger partial charge in [-0.1, -0.05) is 6.82 Å². The van der Waals surface area contributed by atoms with Crippen LogP contribution in [0.15, 0.2) is 12.2 Å². The number of aliphatic carboxylic acids is 1. The highest BCUT2D eigenvalue weighted by atomic mass is 16.4. The highest BCUT2D eigenvalue weighted by Gasteiger charge is 1.92. The van der Waals surface area contributed by atoms with E-state index < -0.39 is 11.9 Å². The van der Waals surface area contributed by atoms with Gasteiger partial charge in [-0.15, -0.1) is 0 Å². The summed E-state index contributed by atoms with van der Waals surface area (Å²) in [5.74, 6) is -1.57. The molecule has 0 unspecified atom stereocenters. The fourth-order valence-corrected chi connectivity index (χ4v) is 0.337. The largest absolute Gasteiger partial charge is 0.478 e. The van der Waals surface area contributed by atoms with Crippen molar-refractivity contribution >= 4 is 19.3 Å². The molecule has 2 N–H and O–H groups in total. The third kappa shape index (κ3) is 4.89. The van der Waals surface area contributed by atoms with E-state index in [0.29, 0.717) is 0 Å². The number of hydrogen-bond donors (Lipinski definition) is 2. The molecule has 0 rings (SSSR count). The molecule has 53 valence electrons. The van der Waals surface area contributed by atoms with Crippen molar-refractivity contribution in [2.45, 2.75) is 6.82 Å². The van der Waals surface area contributed by atoms with Crippen molar-refractivity contribution in [2.75, 3.05) is 0 Å². The van der Waals surface area contributed by atoms with Crippen LogP contribution in [-0.4, -0.2) is 24.4 Å². The van der Waals surface area contributed by atoms with Gasteiger partial charge in [-0.05, 0) is 0 Å². The van der Waals surface area contributed by atoms with Crippen molar-refractivity contribution in [1.82, 2.24) is 5.23 Å². The molecule has 0 saturated heterocycles. The molecule has 0 aromatic carbocycles. The molecule has 0 heterocycles. The molecule has 0 aromatic heterocycles. The summed E-state index contributed by atoms with van der Waals surface area (Å²) in [6.45, 7) is 1.63. The third-order valence-corrected chi connectivity index (χ3v) is 0.664. The molecule has 0 bridgehead atoms. The minimum Gasteiger partial charge on any atom is -0.478 e. The maximum Gasteiger partial charge on any atom is 0.328 e. The van der Waals surface area contributed by atoms with Crippen molar-refractivity contribution in [3.05, 3.63) is 12.2 Å². The van der Waals surface area contributed by atoms with Crippen LogP contribution in [0.3, 0.4) is 0 Å². The first-order valence-corrected chi connectivity index (χ1v) is 2.66. The molecule has 1 amide bonds. The second kappa shape index (κ2) is 4.61. The van der Waals surface area contributed by atoms with Crippen LogP contribution in [-0.2, 0) is 9.59 Å². The Morgan fingerprint density at radius 2 is 2.10 bits per heavy atom. The van der Waals surface area contributed by atoms with Gasteiger partial charge in [-0.25, -0.2) is 4.79 Å². The topological polar surface area (TPSA) is 66.4 Å². The van der Waals surface area contributed by atoms with E-state index in [4.69, 9.17) is 5.11 Å². The van der Waals surface area contributed by atoms with Crippen molar-refractivity contribution < 1.29 is 14.7 Å². The van der Waals surface area contributed by atoms with Gasteiger partial charge in [-0.2, -0.15) is 0 Å². The summed E-state index contributed by atoms with van der Waals surface area (Å²) >= 11 is 0. The molecule has 0 aliphatic heterocycles. The maximum absolute atomic E-state index is 10.5. The van der Waals surface area contributed by atoms with E-state index in [0.717, 1.165) is 12.2 Å². The molecule has 0 fully saturated rings. The van der Waals surface area contributed by atoms with E-state index in [1.807, 2.05) is 0 Å². The summed E-state index contributed by atoms with van der Waals surface area (Å²) in [4.78, 5) is 20.3. The number of nitrogens with one attached hydrogen (secondary N) is 1. The van der Waals surface area contributed by atoms with E-state index in [1.54, 1.807) is 6.82 Å². The van der Waals surface area contributed by atoms with Crippen LogP contribution >= 0.6 is 0 Å². The Kier molecular flexibility index (Phi) is 4.03. The average molecular weight is 140 g/mol. The lowest BCUT2D eigenvalue weighted by molar-refractivity contribution is -0.131. The zero-order chi connectivity index (χ0) is 7.98. The predicted molar refractivity (Wildman–Crippen MR) is 36.5 cm³/mol. The fourth-order valence-electron chi connectivity index (χ4n) is 0.337. The van der Waals surface area contributed by atoms with Crippen molar-refractivity contribution in [3.8, 4) is 0 Å². The molecule has 0 saturated carbocycles. The molecule has 0 aliphatic carbocycles. The summed E-state index contributed by atoms with van der Waals surface area (Å²) < 4.78 is 0. The van der Waals surface area contributed by atoms with Gasteiger partial charge >= 0.3 is 5.97 Å². The third-order valence-electron chi connectivity index (χ3n) is 0.664. The van der Waals surface area contributed by atoms with Gasteiger partial charge in [0.1, 0.15) is 0 Å². The van der Waals surface area contributed by atoms with Crippen molar-refractivity contribution in [2.24, 2.45) is 0 Å². The Labute approximate surface area is 59.2 Å². The van der Waals surface area contributed by atoms with Gasteiger partial charge in [0.05, 0.1) is 0 Å². The minimum atomic E-state index is -1.13. The van der Waals surface area contributed by atoms with Gasteiger partial charge < -0.3 is 10.3 Å². The highest BCUT2D eigenvalue weighted by molar-refractivity contribution is 6.36.